The minimum atomic E-state index is 0.915. The Kier molecular flexibility index (Phi) is 6.40. The zero-order valence-electron chi connectivity index (χ0n) is 29.9. The predicted octanol–water partition coefficient (Wildman–Crippen LogP) is 15.5. The van der Waals surface area contributed by atoms with Gasteiger partial charge < -0.3 is 4.42 Å². The number of fused-ring (bicyclic) bond motifs is 16. The second-order valence-electron chi connectivity index (χ2n) is 14.8. The molecule has 0 amide bonds. The monoisotopic (exact) mass is 696 g/mol. The molecule has 12 rings (SSSR count). The van der Waals surface area contributed by atoms with Crippen LogP contribution in [0.1, 0.15) is 0 Å². The molecule has 0 saturated carbocycles. The first-order chi connectivity index (χ1) is 27.3. The number of rotatable bonds is 3. The van der Waals surface area contributed by atoms with E-state index in [1.807, 2.05) is 0 Å². The second kappa shape index (κ2) is 11.6. The van der Waals surface area contributed by atoms with Crippen molar-refractivity contribution in [1.82, 2.24) is 0 Å². The van der Waals surface area contributed by atoms with E-state index in [2.05, 4.69) is 194 Å². The van der Waals surface area contributed by atoms with Crippen LogP contribution in [-0.4, -0.2) is 0 Å². The lowest BCUT2D eigenvalue weighted by molar-refractivity contribution is 0.673. The average Bonchev–Trinajstić information content (AvgIpc) is 3.65. The molecule has 0 atom stereocenters. The van der Waals surface area contributed by atoms with Crippen molar-refractivity contribution in [2.45, 2.75) is 0 Å². The Bertz CT molecular complexity index is 3520. The maximum Gasteiger partial charge on any atom is 0.143 e. The van der Waals surface area contributed by atoms with Gasteiger partial charge in [-0.25, -0.2) is 0 Å². The maximum absolute atomic E-state index is 6.50. The molecule has 12 aromatic rings. The largest absolute Gasteiger partial charge is 0.455 e. The fourth-order valence-corrected chi connectivity index (χ4v) is 9.20. The Morgan fingerprint density at radius 1 is 0.236 bits per heavy atom. The fraction of sp³-hybridized carbons (Fsp3) is 0. The van der Waals surface area contributed by atoms with Crippen molar-refractivity contribution in [3.05, 3.63) is 194 Å². The highest BCUT2D eigenvalue weighted by Gasteiger charge is 2.17. The summed E-state index contributed by atoms with van der Waals surface area (Å²) in [6.45, 7) is 0. The van der Waals surface area contributed by atoms with Gasteiger partial charge in [0.25, 0.3) is 0 Å². The summed E-state index contributed by atoms with van der Waals surface area (Å²) in [5.41, 5.74) is 9.06. The zero-order chi connectivity index (χ0) is 36.0. The van der Waals surface area contributed by atoms with Gasteiger partial charge in [-0.05, 0) is 123 Å². The number of benzene rings is 11. The standard InChI is InChI=1S/C54H32O/c1-2-10-33(11-3-1)37-24-27-46-49(30-37)41-14-6-8-16-44(41)53-47-28-25-38(31-50(47)42-15-7-9-17-45(42)52(46)53)34-18-20-35(21-19-34)39-23-26-43-48-29-22-36-12-4-5-13-40(36)54(48)55-51(43)32-39/h1-32H. The first-order valence-electron chi connectivity index (χ1n) is 19.0. The predicted molar refractivity (Wildman–Crippen MR) is 235 cm³/mol. The molecule has 1 heterocycles. The molecule has 11 aromatic carbocycles. The molecule has 0 radical (unpaired) electrons. The van der Waals surface area contributed by atoms with Gasteiger partial charge in [0.15, 0.2) is 0 Å². The summed E-state index contributed by atoms with van der Waals surface area (Å²) in [4.78, 5) is 0. The molecule has 1 aromatic heterocycles. The molecule has 1 heteroatoms. The van der Waals surface area contributed by atoms with Crippen LogP contribution >= 0.6 is 0 Å². The molecule has 0 spiro atoms. The molecule has 0 N–H and O–H groups in total. The normalized spacial score (nSPS) is 12.0. The summed E-state index contributed by atoms with van der Waals surface area (Å²) >= 11 is 0. The van der Waals surface area contributed by atoms with Crippen molar-refractivity contribution in [2.24, 2.45) is 0 Å². The van der Waals surface area contributed by atoms with E-state index >= 15 is 0 Å². The van der Waals surface area contributed by atoms with Crippen LogP contribution in [0, 0.1) is 0 Å². The zero-order valence-corrected chi connectivity index (χ0v) is 29.9. The minimum absolute atomic E-state index is 0.915. The van der Waals surface area contributed by atoms with Gasteiger partial charge in [0.1, 0.15) is 11.2 Å². The Labute approximate surface area is 317 Å². The molecular formula is C54H32O. The van der Waals surface area contributed by atoms with Gasteiger partial charge >= 0.3 is 0 Å². The van der Waals surface area contributed by atoms with Gasteiger partial charge in [-0.15, -0.1) is 0 Å². The van der Waals surface area contributed by atoms with Crippen LogP contribution < -0.4 is 0 Å². The molecule has 1 nitrogen and oxygen atoms in total. The lowest BCUT2D eigenvalue weighted by Gasteiger charge is -2.18. The fourth-order valence-electron chi connectivity index (χ4n) is 9.20. The van der Waals surface area contributed by atoms with Crippen molar-refractivity contribution in [1.29, 1.82) is 0 Å². The van der Waals surface area contributed by atoms with Crippen molar-refractivity contribution < 1.29 is 4.42 Å². The smallest absolute Gasteiger partial charge is 0.143 e. The maximum atomic E-state index is 6.50. The summed E-state index contributed by atoms with van der Waals surface area (Å²) in [7, 11) is 0. The summed E-state index contributed by atoms with van der Waals surface area (Å²) in [5.74, 6) is 0. The molecular weight excluding hydrogens is 665 g/mol. The van der Waals surface area contributed by atoms with Crippen LogP contribution in [0.3, 0.4) is 0 Å². The van der Waals surface area contributed by atoms with Crippen LogP contribution in [0.2, 0.25) is 0 Å². The number of hydrogen-bond acceptors (Lipinski definition) is 1. The van der Waals surface area contributed by atoms with Crippen LogP contribution in [0.4, 0.5) is 0 Å². The number of hydrogen-bond donors (Lipinski definition) is 0. The SMILES string of the molecule is c1ccc(-c2ccc3c(c2)c2ccccc2c2c4ccc(-c5ccc(-c6ccc7c(c6)oc6c8ccccc8ccc76)cc5)cc4c4ccccc4c32)cc1. The van der Waals surface area contributed by atoms with Crippen molar-refractivity contribution in [2.75, 3.05) is 0 Å². The van der Waals surface area contributed by atoms with E-state index in [4.69, 9.17) is 4.42 Å². The summed E-state index contributed by atoms with van der Waals surface area (Å²) in [6, 6.07) is 71.0. The van der Waals surface area contributed by atoms with E-state index in [0.29, 0.717) is 0 Å². The second-order valence-corrected chi connectivity index (χ2v) is 14.8. The van der Waals surface area contributed by atoms with Gasteiger partial charge in [-0.1, -0.05) is 164 Å². The Hall–Kier alpha value is -7.22. The van der Waals surface area contributed by atoms with Crippen molar-refractivity contribution in [3.8, 4) is 33.4 Å². The minimum Gasteiger partial charge on any atom is -0.455 e. The van der Waals surface area contributed by atoms with Gasteiger partial charge in [0, 0.05) is 16.2 Å². The lowest BCUT2D eigenvalue weighted by atomic mass is 9.85. The summed E-state index contributed by atoms with van der Waals surface area (Å²) in [6.07, 6.45) is 0. The highest BCUT2D eigenvalue weighted by Crippen LogP contribution is 2.45. The lowest BCUT2D eigenvalue weighted by Crippen LogP contribution is -1.90. The molecule has 0 bridgehead atoms. The third-order valence-corrected chi connectivity index (χ3v) is 11.8. The van der Waals surface area contributed by atoms with Crippen LogP contribution in [0.25, 0.3) is 120 Å². The van der Waals surface area contributed by atoms with Gasteiger partial charge in [0.2, 0.25) is 0 Å². The summed E-state index contributed by atoms with van der Waals surface area (Å²) < 4.78 is 6.50. The topological polar surface area (TPSA) is 13.1 Å². The molecule has 0 aliphatic rings. The first kappa shape index (κ1) is 30.3. The first-order valence-corrected chi connectivity index (χ1v) is 19.0. The van der Waals surface area contributed by atoms with Crippen molar-refractivity contribution in [3.63, 3.8) is 0 Å². The van der Waals surface area contributed by atoms with E-state index in [0.717, 1.165) is 32.9 Å². The van der Waals surface area contributed by atoms with Gasteiger partial charge in [-0.2, -0.15) is 0 Å². The molecule has 0 aliphatic heterocycles. The molecule has 0 saturated heterocycles. The van der Waals surface area contributed by atoms with E-state index < -0.39 is 0 Å². The van der Waals surface area contributed by atoms with E-state index in [1.54, 1.807) is 0 Å². The molecule has 254 valence electrons. The van der Waals surface area contributed by atoms with E-state index in [-0.39, 0.29) is 0 Å². The molecule has 0 unspecified atom stereocenters. The summed E-state index contributed by atoms with van der Waals surface area (Å²) in [5, 5.41) is 17.6. The van der Waals surface area contributed by atoms with Gasteiger partial charge in [-0.3, -0.25) is 0 Å². The highest BCUT2D eigenvalue weighted by molar-refractivity contribution is 6.39. The van der Waals surface area contributed by atoms with E-state index in [1.165, 1.54) is 87.1 Å². The van der Waals surface area contributed by atoms with Crippen molar-refractivity contribution >= 4 is 86.6 Å². The van der Waals surface area contributed by atoms with Crippen LogP contribution in [0.15, 0.2) is 199 Å². The number of furan rings is 1. The Morgan fingerprint density at radius 2 is 0.655 bits per heavy atom. The van der Waals surface area contributed by atoms with Crippen LogP contribution in [-0.2, 0) is 0 Å². The quantitative estimate of drug-likeness (QED) is 0.168. The third kappa shape index (κ3) is 4.54. The Morgan fingerprint density at radius 3 is 1.25 bits per heavy atom. The molecule has 55 heavy (non-hydrogen) atoms. The molecule has 0 fully saturated rings. The average molecular weight is 697 g/mol. The third-order valence-electron chi connectivity index (χ3n) is 11.8. The highest BCUT2D eigenvalue weighted by atomic mass is 16.3. The van der Waals surface area contributed by atoms with E-state index in [9.17, 15) is 0 Å². The molecule has 0 aliphatic carbocycles. The Balaban J connectivity index is 1.01. The van der Waals surface area contributed by atoms with Gasteiger partial charge in [0.05, 0.1) is 0 Å². The van der Waals surface area contributed by atoms with Crippen LogP contribution in [0.5, 0.6) is 0 Å².